The van der Waals surface area contributed by atoms with Gasteiger partial charge in [0.2, 0.25) is 11.8 Å². The average molecular weight is 642 g/mol. The molecule has 0 unspecified atom stereocenters. The molecule has 9 nitrogen and oxygen atoms in total. The summed E-state index contributed by atoms with van der Waals surface area (Å²) >= 11 is 0. The highest BCUT2D eigenvalue weighted by Gasteiger charge is 2.64. The molecule has 6 atom stereocenters. The molecule has 3 heterocycles. The van der Waals surface area contributed by atoms with E-state index in [-0.39, 0.29) is 36.8 Å². The van der Waals surface area contributed by atoms with E-state index in [0.29, 0.717) is 55.2 Å². The number of alkyl halides is 2. The lowest BCUT2D eigenvalue weighted by Crippen LogP contribution is -2.46. The number of hydrogen-bond donors (Lipinski definition) is 0. The first-order valence-corrected chi connectivity index (χ1v) is 16.6. The monoisotopic (exact) mass is 641 g/mol. The van der Waals surface area contributed by atoms with Crippen LogP contribution < -0.4 is 9.47 Å². The van der Waals surface area contributed by atoms with E-state index in [4.69, 9.17) is 14.2 Å². The van der Waals surface area contributed by atoms with Crippen LogP contribution in [0.2, 0.25) is 0 Å². The summed E-state index contributed by atoms with van der Waals surface area (Å²) in [6, 6.07) is 4.02. The molecular formula is C35H45F2N3O6. The number of methoxy groups -OCH3 is 1. The van der Waals surface area contributed by atoms with Gasteiger partial charge in [-0.05, 0) is 68.4 Å². The summed E-state index contributed by atoms with van der Waals surface area (Å²) in [4.78, 5) is 50.4. The Labute approximate surface area is 268 Å². The summed E-state index contributed by atoms with van der Waals surface area (Å²) in [6.45, 7) is 7.40. The third kappa shape index (κ3) is 5.83. The van der Waals surface area contributed by atoms with Crippen molar-refractivity contribution in [3.8, 4) is 11.6 Å². The van der Waals surface area contributed by atoms with Crippen LogP contribution in [0.15, 0.2) is 18.2 Å². The highest BCUT2D eigenvalue weighted by molar-refractivity contribution is 5.87. The third-order valence-corrected chi connectivity index (χ3v) is 11.0. The molecule has 250 valence electrons. The average Bonchev–Trinajstić information content (AvgIpc) is 3.59. The standard InChI is InChI=1S/C35H45F2N3O6/c1-20-26(19-41)40-18-28(20)46-31-30(38-24-12-11-22(44-5)16-25(24)39-31)35(36,37)34(14-15-34)13-7-9-21-8-6-10-27(21)45-29(42)17-23(32(40)43)33(2,3)4/h11-12,16,19-21,23,26-28H,6-10,13-15,17-18H2,1-5H3/t20-,21-,23+,26+,27+,28-/m0/s1. The quantitative estimate of drug-likeness (QED) is 0.280. The fraction of sp³-hybridized carbons (Fsp3) is 0.686. The molecule has 2 aliphatic carbocycles. The van der Waals surface area contributed by atoms with Crippen molar-refractivity contribution in [2.75, 3.05) is 13.7 Å². The van der Waals surface area contributed by atoms with Gasteiger partial charge in [-0.2, -0.15) is 8.78 Å². The van der Waals surface area contributed by atoms with Crippen molar-refractivity contribution >= 4 is 29.2 Å². The maximum Gasteiger partial charge on any atom is 0.306 e. The Morgan fingerprint density at radius 1 is 1.00 bits per heavy atom. The first kappa shape index (κ1) is 32.6. The molecule has 0 N–H and O–H groups in total. The minimum absolute atomic E-state index is 0.0241. The molecule has 2 saturated carbocycles. The van der Waals surface area contributed by atoms with Crippen LogP contribution in [-0.2, 0) is 25.0 Å². The highest BCUT2D eigenvalue weighted by atomic mass is 19.3. The Morgan fingerprint density at radius 3 is 2.41 bits per heavy atom. The van der Waals surface area contributed by atoms with Crippen molar-refractivity contribution < 1.29 is 37.4 Å². The second-order valence-electron chi connectivity index (χ2n) is 15.0. The molecule has 1 amide bonds. The maximum absolute atomic E-state index is 16.8. The molecule has 1 aromatic carbocycles. The maximum atomic E-state index is 16.8. The van der Waals surface area contributed by atoms with E-state index in [1.54, 1.807) is 25.1 Å². The summed E-state index contributed by atoms with van der Waals surface area (Å²) in [5.74, 6) is -5.13. The summed E-state index contributed by atoms with van der Waals surface area (Å²) in [6.07, 6.45) is 4.25. The highest BCUT2D eigenvalue weighted by Crippen LogP contribution is 2.65. The Kier molecular flexibility index (Phi) is 8.51. The second kappa shape index (κ2) is 12.0. The number of carbonyl (C=O) groups excluding carboxylic acids is 3. The van der Waals surface area contributed by atoms with Crippen molar-refractivity contribution in [2.45, 2.75) is 110 Å². The van der Waals surface area contributed by atoms with Gasteiger partial charge >= 0.3 is 11.9 Å². The Hall–Kier alpha value is -3.37. The van der Waals surface area contributed by atoms with E-state index < -0.39 is 52.4 Å². The molecule has 2 bridgehead atoms. The number of aldehydes is 1. The molecule has 46 heavy (non-hydrogen) atoms. The number of hydrogen-bond acceptors (Lipinski definition) is 8. The van der Waals surface area contributed by atoms with Crippen LogP contribution in [0.4, 0.5) is 8.78 Å². The van der Waals surface area contributed by atoms with Crippen LogP contribution >= 0.6 is 0 Å². The Balaban J connectivity index is 1.44. The first-order valence-electron chi connectivity index (χ1n) is 16.6. The number of amides is 1. The van der Waals surface area contributed by atoms with Crippen molar-refractivity contribution in [1.29, 1.82) is 0 Å². The van der Waals surface area contributed by atoms with Crippen molar-refractivity contribution in [3.05, 3.63) is 23.9 Å². The largest absolute Gasteiger partial charge is 0.497 e. The summed E-state index contributed by atoms with van der Waals surface area (Å²) < 4.78 is 51.2. The molecule has 2 aliphatic heterocycles. The molecule has 0 radical (unpaired) electrons. The SMILES string of the molecule is COc1ccc2nc3c(nc2c1)O[C@H]1CN(C(=O)[C@H](C(C)(C)C)CC(=O)O[C@@H]2CCC[C@H]2CCCC2(CC2)C3(F)F)[C@H](C=O)[C@@H]1C. The van der Waals surface area contributed by atoms with E-state index in [2.05, 4.69) is 9.97 Å². The van der Waals surface area contributed by atoms with Crippen molar-refractivity contribution in [3.63, 3.8) is 0 Å². The van der Waals surface area contributed by atoms with Gasteiger partial charge in [0, 0.05) is 17.4 Å². The number of halogens is 2. The zero-order valence-corrected chi connectivity index (χ0v) is 27.4. The van der Waals surface area contributed by atoms with Gasteiger partial charge in [0.1, 0.15) is 24.2 Å². The van der Waals surface area contributed by atoms with Crippen molar-refractivity contribution in [1.82, 2.24) is 14.9 Å². The molecule has 1 aromatic heterocycles. The number of nitrogens with zero attached hydrogens (tertiary/aromatic N) is 3. The zero-order chi connectivity index (χ0) is 33.0. The minimum Gasteiger partial charge on any atom is -0.497 e. The lowest BCUT2D eigenvalue weighted by molar-refractivity contribution is -0.157. The molecule has 11 heteroatoms. The van der Waals surface area contributed by atoms with Crippen LogP contribution in [0.1, 0.15) is 91.2 Å². The van der Waals surface area contributed by atoms with Gasteiger partial charge in [0.25, 0.3) is 0 Å². The van der Waals surface area contributed by atoms with Crippen LogP contribution in [0.25, 0.3) is 11.0 Å². The molecule has 3 fully saturated rings. The molecular weight excluding hydrogens is 596 g/mol. The van der Waals surface area contributed by atoms with Gasteiger partial charge in [-0.25, -0.2) is 9.97 Å². The molecule has 4 aliphatic rings. The number of rotatable bonds is 2. The van der Waals surface area contributed by atoms with Gasteiger partial charge in [-0.15, -0.1) is 0 Å². The van der Waals surface area contributed by atoms with Crippen LogP contribution in [-0.4, -0.2) is 64.9 Å². The number of ether oxygens (including phenoxy) is 3. The summed E-state index contributed by atoms with van der Waals surface area (Å²) in [5, 5.41) is 0. The number of esters is 1. The number of carbonyl (C=O) groups is 3. The van der Waals surface area contributed by atoms with Gasteiger partial charge in [0.15, 0.2) is 5.69 Å². The lowest BCUT2D eigenvalue weighted by atomic mass is 9.77. The van der Waals surface area contributed by atoms with Crippen molar-refractivity contribution in [2.24, 2.45) is 28.6 Å². The van der Waals surface area contributed by atoms with Gasteiger partial charge in [-0.1, -0.05) is 34.1 Å². The van der Waals surface area contributed by atoms with Crippen LogP contribution in [0.3, 0.4) is 0 Å². The number of fused-ring (bicyclic) bond motifs is 5. The Morgan fingerprint density at radius 2 is 1.74 bits per heavy atom. The van der Waals surface area contributed by atoms with Gasteiger partial charge in [-0.3, -0.25) is 9.59 Å². The zero-order valence-electron chi connectivity index (χ0n) is 27.4. The smallest absolute Gasteiger partial charge is 0.306 e. The van der Waals surface area contributed by atoms with E-state index in [0.717, 1.165) is 19.3 Å². The van der Waals surface area contributed by atoms with E-state index in [9.17, 15) is 14.4 Å². The van der Waals surface area contributed by atoms with Crippen LogP contribution in [0, 0.1) is 28.6 Å². The molecule has 1 saturated heterocycles. The predicted octanol–water partition coefficient (Wildman–Crippen LogP) is 6.25. The van der Waals surface area contributed by atoms with E-state index >= 15 is 8.78 Å². The number of aromatic nitrogens is 2. The molecule has 6 rings (SSSR count). The normalized spacial score (nSPS) is 31.3. The lowest BCUT2D eigenvalue weighted by Gasteiger charge is -2.34. The fourth-order valence-corrected chi connectivity index (χ4v) is 7.80. The molecule has 1 spiro atoms. The topological polar surface area (TPSA) is 108 Å². The first-order chi connectivity index (χ1) is 21.8. The molecule has 2 aromatic rings. The van der Waals surface area contributed by atoms with Gasteiger partial charge in [0.05, 0.1) is 43.1 Å². The van der Waals surface area contributed by atoms with E-state index in [1.807, 2.05) is 20.8 Å². The number of benzene rings is 1. The second-order valence-corrected chi connectivity index (χ2v) is 15.0. The fourth-order valence-electron chi connectivity index (χ4n) is 7.80. The summed E-state index contributed by atoms with van der Waals surface area (Å²) in [5.41, 5.74) is -1.76. The predicted molar refractivity (Wildman–Crippen MR) is 165 cm³/mol. The third-order valence-electron chi connectivity index (χ3n) is 11.0. The summed E-state index contributed by atoms with van der Waals surface area (Å²) in [7, 11) is 1.51. The van der Waals surface area contributed by atoms with E-state index in [1.165, 1.54) is 12.0 Å². The minimum atomic E-state index is -3.34. The Bertz CT molecular complexity index is 1510. The van der Waals surface area contributed by atoms with Crippen LogP contribution in [0.5, 0.6) is 11.6 Å². The van der Waals surface area contributed by atoms with Gasteiger partial charge < -0.3 is 23.9 Å².